The second-order valence-corrected chi connectivity index (χ2v) is 4.62. The van der Waals surface area contributed by atoms with E-state index in [4.69, 9.17) is 0 Å². The van der Waals surface area contributed by atoms with Gasteiger partial charge in [-0.1, -0.05) is 24.3 Å². The van der Waals surface area contributed by atoms with E-state index in [0.29, 0.717) is 5.52 Å². The van der Waals surface area contributed by atoms with Crippen LogP contribution in [0, 0.1) is 0 Å². The minimum absolute atomic E-state index is 0.0744. The van der Waals surface area contributed by atoms with Gasteiger partial charge in [-0.3, -0.25) is 25.2 Å². The van der Waals surface area contributed by atoms with Crippen molar-refractivity contribution in [1.82, 2.24) is 21.2 Å². The summed E-state index contributed by atoms with van der Waals surface area (Å²) in [6, 6.07) is 10.8. The van der Waals surface area contributed by atoms with Gasteiger partial charge >= 0.3 is 0 Å². The van der Waals surface area contributed by atoms with E-state index in [1.54, 1.807) is 18.2 Å². The molecular weight excluding hydrogens is 284 g/mol. The summed E-state index contributed by atoms with van der Waals surface area (Å²) in [6.07, 6.45) is 0.0744. The molecule has 0 atom stereocenters. The SMILES string of the molecule is CC(=O)NCCC(=O)NNC(=O)c1ccc2ccccc2n1. The number of para-hydroxylation sites is 1. The summed E-state index contributed by atoms with van der Waals surface area (Å²) in [5.41, 5.74) is 5.47. The first-order valence-corrected chi connectivity index (χ1v) is 6.75. The number of aromatic nitrogens is 1. The zero-order valence-corrected chi connectivity index (χ0v) is 12.1. The smallest absolute Gasteiger partial charge is 0.288 e. The highest BCUT2D eigenvalue weighted by atomic mass is 16.2. The molecule has 7 nitrogen and oxygen atoms in total. The summed E-state index contributed by atoms with van der Waals surface area (Å²) in [4.78, 5) is 38.3. The van der Waals surface area contributed by atoms with Crippen LogP contribution in [0.25, 0.3) is 10.9 Å². The molecule has 114 valence electrons. The van der Waals surface area contributed by atoms with Crippen LogP contribution in [-0.4, -0.2) is 29.3 Å². The molecule has 0 aliphatic carbocycles. The van der Waals surface area contributed by atoms with Gasteiger partial charge in [0.05, 0.1) is 5.52 Å². The van der Waals surface area contributed by atoms with Crippen LogP contribution in [0.4, 0.5) is 0 Å². The molecule has 0 saturated heterocycles. The lowest BCUT2D eigenvalue weighted by Crippen LogP contribution is -2.43. The number of rotatable bonds is 4. The Balaban J connectivity index is 1.88. The highest BCUT2D eigenvalue weighted by Crippen LogP contribution is 2.11. The van der Waals surface area contributed by atoms with Crippen molar-refractivity contribution < 1.29 is 14.4 Å². The van der Waals surface area contributed by atoms with Gasteiger partial charge in [-0.2, -0.15) is 0 Å². The zero-order valence-electron chi connectivity index (χ0n) is 12.1. The first-order chi connectivity index (χ1) is 10.6. The van der Waals surface area contributed by atoms with E-state index in [2.05, 4.69) is 21.2 Å². The van der Waals surface area contributed by atoms with Crippen LogP contribution < -0.4 is 16.2 Å². The highest BCUT2D eigenvalue weighted by Gasteiger charge is 2.09. The average Bonchev–Trinajstić information content (AvgIpc) is 2.51. The molecule has 0 aliphatic heterocycles. The molecule has 3 amide bonds. The Morgan fingerprint density at radius 1 is 1.05 bits per heavy atom. The number of hydrogen-bond acceptors (Lipinski definition) is 4. The number of hydrogen-bond donors (Lipinski definition) is 3. The fourth-order valence-corrected chi connectivity index (χ4v) is 1.80. The summed E-state index contributed by atoms with van der Waals surface area (Å²) in [7, 11) is 0. The molecule has 22 heavy (non-hydrogen) atoms. The highest BCUT2D eigenvalue weighted by molar-refractivity contribution is 5.95. The van der Waals surface area contributed by atoms with Gasteiger partial charge in [-0.05, 0) is 12.1 Å². The number of carbonyl (C=O) groups is 3. The summed E-state index contributed by atoms with van der Waals surface area (Å²) in [5.74, 6) is -1.11. The van der Waals surface area contributed by atoms with E-state index in [0.717, 1.165) is 5.39 Å². The summed E-state index contributed by atoms with van der Waals surface area (Å²) in [6.45, 7) is 1.58. The Morgan fingerprint density at radius 3 is 2.59 bits per heavy atom. The summed E-state index contributed by atoms with van der Waals surface area (Å²) >= 11 is 0. The predicted octanol–water partition coefficient (Wildman–Crippen LogP) is 0.522. The predicted molar refractivity (Wildman–Crippen MR) is 80.7 cm³/mol. The van der Waals surface area contributed by atoms with Gasteiger partial charge in [-0.15, -0.1) is 0 Å². The van der Waals surface area contributed by atoms with E-state index in [1.165, 1.54) is 6.92 Å². The van der Waals surface area contributed by atoms with Crippen molar-refractivity contribution in [3.8, 4) is 0 Å². The maximum absolute atomic E-state index is 11.9. The molecule has 3 N–H and O–H groups in total. The number of amides is 3. The third-order valence-electron chi connectivity index (χ3n) is 2.87. The number of carbonyl (C=O) groups excluding carboxylic acids is 3. The lowest BCUT2D eigenvalue weighted by atomic mass is 10.2. The average molecular weight is 300 g/mol. The molecule has 2 aromatic rings. The molecule has 1 heterocycles. The zero-order chi connectivity index (χ0) is 15.9. The first kappa shape index (κ1) is 15.4. The Hall–Kier alpha value is -2.96. The Morgan fingerprint density at radius 2 is 1.82 bits per heavy atom. The van der Waals surface area contributed by atoms with Crippen LogP contribution in [0.2, 0.25) is 0 Å². The Bertz CT molecular complexity index is 715. The largest absolute Gasteiger partial charge is 0.356 e. The van der Waals surface area contributed by atoms with E-state index in [9.17, 15) is 14.4 Å². The van der Waals surface area contributed by atoms with Crippen molar-refractivity contribution in [3.05, 3.63) is 42.1 Å². The number of pyridine rings is 1. The van der Waals surface area contributed by atoms with Crippen molar-refractivity contribution in [2.75, 3.05) is 6.54 Å². The quantitative estimate of drug-likeness (QED) is 0.717. The number of hydrazine groups is 1. The molecule has 0 unspecified atom stereocenters. The van der Waals surface area contributed by atoms with Crippen molar-refractivity contribution >= 4 is 28.6 Å². The maximum atomic E-state index is 11.9. The van der Waals surface area contributed by atoms with Crippen LogP contribution in [-0.2, 0) is 9.59 Å². The van der Waals surface area contributed by atoms with Gasteiger partial charge in [0, 0.05) is 25.3 Å². The van der Waals surface area contributed by atoms with E-state index in [-0.39, 0.29) is 24.6 Å². The minimum atomic E-state index is -0.501. The van der Waals surface area contributed by atoms with E-state index in [1.807, 2.05) is 18.2 Å². The van der Waals surface area contributed by atoms with Gasteiger partial charge in [0.2, 0.25) is 11.8 Å². The monoisotopic (exact) mass is 300 g/mol. The third kappa shape index (κ3) is 4.27. The van der Waals surface area contributed by atoms with Crippen LogP contribution in [0.15, 0.2) is 36.4 Å². The lowest BCUT2D eigenvalue weighted by molar-refractivity contribution is -0.122. The molecule has 0 saturated carbocycles. The molecule has 0 spiro atoms. The fourth-order valence-electron chi connectivity index (χ4n) is 1.80. The van der Waals surface area contributed by atoms with Gasteiger partial charge in [0.15, 0.2) is 0 Å². The molecular formula is C15H16N4O3. The molecule has 2 rings (SSSR count). The van der Waals surface area contributed by atoms with Crippen molar-refractivity contribution in [1.29, 1.82) is 0 Å². The molecule has 0 aliphatic rings. The van der Waals surface area contributed by atoms with Crippen molar-refractivity contribution in [2.45, 2.75) is 13.3 Å². The van der Waals surface area contributed by atoms with E-state index < -0.39 is 11.8 Å². The topological polar surface area (TPSA) is 100 Å². The number of fused-ring (bicyclic) bond motifs is 1. The number of nitrogens with zero attached hydrogens (tertiary/aromatic N) is 1. The number of benzene rings is 1. The van der Waals surface area contributed by atoms with Crippen LogP contribution >= 0.6 is 0 Å². The van der Waals surface area contributed by atoms with Crippen LogP contribution in [0.5, 0.6) is 0 Å². The van der Waals surface area contributed by atoms with Crippen LogP contribution in [0.1, 0.15) is 23.8 Å². The molecule has 0 fully saturated rings. The fraction of sp³-hybridized carbons (Fsp3) is 0.200. The standard InChI is InChI=1S/C15H16N4O3/c1-10(20)16-9-8-14(21)18-19-15(22)13-7-6-11-4-2-3-5-12(11)17-13/h2-7H,8-9H2,1H3,(H,16,20)(H,18,21)(H,19,22). The number of nitrogens with one attached hydrogen (secondary N) is 3. The second-order valence-electron chi connectivity index (χ2n) is 4.62. The van der Waals surface area contributed by atoms with Crippen molar-refractivity contribution in [2.24, 2.45) is 0 Å². The maximum Gasteiger partial charge on any atom is 0.288 e. The van der Waals surface area contributed by atoms with Crippen molar-refractivity contribution in [3.63, 3.8) is 0 Å². The Kier molecular flexibility index (Phi) is 5.02. The summed E-state index contributed by atoms with van der Waals surface area (Å²) in [5, 5.41) is 3.42. The lowest BCUT2D eigenvalue weighted by Gasteiger charge is -2.07. The molecule has 0 bridgehead atoms. The molecule has 1 aromatic heterocycles. The van der Waals surface area contributed by atoms with Gasteiger partial charge in [-0.25, -0.2) is 4.98 Å². The normalized spacial score (nSPS) is 10.0. The molecule has 7 heteroatoms. The van der Waals surface area contributed by atoms with Crippen LogP contribution in [0.3, 0.4) is 0 Å². The minimum Gasteiger partial charge on any atom is -0.356 e. The molecule has 0 radical (unpaired) electrons. The van der Waals surface area contributed by atoms with E-state index >= 15 is 0 Å². The van der Waals surface area contributed by atoms with Gasteiger partial charge in [0.25, 0.3) is 5.91 Å². The molecule has 1 aromatic carbocycles. The Labute approximate surface area is 127 Å². The first-order valence-electron chi connectivity index (χ1n) is 6.75. The third-order valence-corrected chi connectivity index (χ3v) is 2.87. The van der Waals surface area contributed by atoms with Gasteiger partial charge in [0.1, 0.15) is 5.69 Å². The summed E-state index contributed by atoms with van der Waals surface area (Å²) < 4.78 is 0. The second kappa shape index (κ2) is 7.16. The van der Waals surface area contributed by atoms with Gasteiger partial charge < -0.3 is 5.32 Å².